The average Bonchev–Trinajstić information content (AvgIpc) is 2.22. The zero-order valence-electron chi connectivity index (χ0n) is 10.7. The van der Waals surface area contributed by atoms with Gasteiger partial charge < -0.3 is 10.6 Å². The van der Waals surface area contributed by atoms with Crippen molar-refractivity contribution in [3.05, 3.63) is 0 Å². The predicted molar refractivity (Wildman–Crippen MR) is 67.1 cm³/mol. The van der Waals surface area contributed by atoms with E-state index in [9.17, 15) is 4.79 Å². The first-order valence-corrected chi connectivity index (χ1v) is 6.75. The van der Waals surface area contributed by atoms with Gasteiger partial charge in [0.1, 0.15) is 0 Å². The predicted octanol–water partition coefficient (Wildman–Crippen LogP) is 2.15. The standard InChI is InChI=1S/C13H26N2O/c1-3-11(4-2)13(16)15(10-6-9-14)12-7-5-8-12/h11-12H,3-10,14H2,1-2H3. The highest BCUT2D eigenvalue weighted by Crippen LogP contribution is 2.27. The van der Waals surface area contributed by atoms with Crippen LogP contribution in [-0.2, 0) is 4.79 Å². The van der Waals surface area contributed by atoms with E-state index in [4.69, 9.17) is 5.73 Å². The summed E-state index contributed by atoms with van der Waals surface area (Å²) in [4.78, 5) is 14.4. The number of rotatable bonds is 7. The Morgan fingerprint density at radius 1 is 1.38 bits per heavy atom. The van der Waals surface area contributed by atoms with Gasteiger partial charge in [-0.05, 0) is 45.1 Å². The molecule has 1 rings (SSSR count). The van der Waals surface area contributed by atoms with Gasteiger partial charge in [0.25, 0.3) is 0 Å². The summed E-state index contributed by atoms with van der Waals surface area (Å²) in [6.07, 6.45) is 6.51. The molecule has 0 aromatic heterocycles. The van der Waals surface area contributed by atoms with Crippen LogP contribution in [-0.4, -0.2) is 29.9 Å². The number of carbonyl (C=O) groups excluding carboxylic acids is 1. The minimum atomic E-state index is 0.221. The van der Waals surface area contributed by atoms with Gasteiger partial charge in [0, 0.05) is 18.5 Å². The van der Waals surface area contributed by atoms with Gasteiger partial charge in [0.05, 0.1) is 0 Å². The van der Waals surface area contributed by atoms with Crippen molar-refractivity contribution in [3.8, 4) is 0 Å². The number of amides is 1. The molecule has 0 bridgehead atoms. The van der Waals surface area contributed by atoms with Crippen LogP contribution in [0.2, 0.25) is 0 Å². The lowest BCUT2D eigenvalue weighted by Crippen LogP contribution is -2.47. The van der Waals surface area contributed by atoms with Crippen LogP contribution in [0.5, 0.6) is 0 Å². The highest BCUT2D eigenvalue weighted by molar-refractivity contribution is 5.79. The Labute approximate surface area is 99.4 Å². The molecule has 0 spiro atoms. The lowest BCUT2D eigenvalue weighted by molar-refractivity contribution is -0.140. The Bertz CT molecular complexity index is 210. The van der Waals surface area contributed by atoms with Gasteiger partial charge >= 0.3 is 0 Å². The van der Waals surface area contributed by atoms with Crippen LogP contribution in [0.25, 0.3) is 0 Å². The van der Waals surface area contributed by atoms with Crippen molar-refractivity contribution in [2.24, 2.45) is 11.7 Å². The molecule has 2 N–H and O–H groups in total. The number of hydrogen-bond donors (Lipinski definition) is 1. The van der Waals surface area contributed by atoms with Gasteiger partial charge in [-0.1, -0.05) is 13.8 Å². The van der Waals surface area contributed by atoms with Gasteiger partial charge in [0.2, 0.25) is 5.91 Å². The highest BCUT2D eigenvalue weighted by atomic mass is 16.2. The van der Waals surface area contributed by atoms with E-state index in [-0.39, 0.29) is 5.92 Å². The summed E-state index contributed by atoms with van der Waals surface area (Å²) in [5.74, 6) is 0.585. The molecule has 0 aromatic carbocycles. The Balaban J connectivity index is 2.55. The topological polar surface area (TPSA) is 46.3 Å². The number of hydrogen-bond acceptors (Lipinski definition) is 2. The van der Waals surface area contributed by atoms with Crippen molar-refractivity contribution in [2.45, 2.75) is 58.4 Å². The summed E-state index contributed by atoms with van der Waals surface area (Å²) in [6.45, 7) is 5.75. The van der Waals surface area contributed by atoms with Crippen molar-refractivity contribution in [3.63, 3.8) is 0 Å². The Morgan fingerprint density at radius 3 is 2.38 bits per heavy atom. The van der Waals surface area contributed by atoms with Crippen molar-refractivity contribution in [2.75, 3.05) is 13.1 Å². The summed E-state index contributed by atoms with van der Waals surface area (Å²) in [5, 5.41) is 0. The second-order valence-electron chi connectivity index (χ2n) is 4.77. The third-order valence-electron chi connectivity index (χ3n) is 3.74. The third kappa shape index (κ3) is 3.21. The molecule has 0 aromatic rings. The summed E-state index contributed by atoms with van der Waals surface area (Å²) in [5.41, 5.74) is 5.54. The van der Waals surface area contributed by atoms with Gasteiger partial charge in [-0.25, -0.2) is 0 Å². The zero-order valence-corrected chi connectivity index (χ0v) is 10.7. The first-order chi connectivity index (χ1) is 7.74. The fourth-order valence-corrected chi connectivity index (χ4v) is 2.31. The van der Waals surface area contributed by atoms with Gasteiger partial charge in [0.15, 0.2) is 0 Å². The number of carbonyl (C=O) groups is 1. The molecule has 16 heavy (non-hydrogen) atoms. The SMILES string of the molecule is CCC(CC)C(=O)N(CCCN)C1CCC1. The third-order valence-corrected chi connectivity index (χ3v) is 3.74. The second kappa shape index (κ2) is 6.89. The van der Waals surface area contributed by atoms with Gasteiger partial charge in [-0.2, -0.15) is 0 Å². The van der Waals surface area contributed by atoms with Crippen LogP contribution in [0.3, 0.4) is 0 Å². The molecule has 0 radical (unpaired) electrons. The summed E-state index contributed by atoms with van der Waals surface area (Å²) >= 11 is 0. The Hall–Kier alpha value is -0.570. The van der Waals surface area contributed by atoms with Crippen LogP contribution >= 0.6 is 0 Å². The Kier molecular flexibility index (Phi) is 5.81. The van der Waals surface area contributed by atoms with Gasteiger partial charge in [-0.15, -0.1) is 0 Å². The normalized spacial score (nSPS) is 16.2. The second-order valence-corrected chi connectivity index (χ2v) is 4.77. The summed E-state index contributed by atoms with van der Waals surface area (Å²) in [7, 11) is 0. The fourth-order valence-electron chi connectivity index (χ4n) is 2.31. The fraction of sp³-hybridized carbons (Fsp3) is 0.923. The smallest absolute Gasteiger partial charge is 0.225 e. The molecule has 0 heterocycles. The minimum absolute atomic E-state index is 0.221. The van der Waals surface area contributed by atoms with E-state index in [0.717, 1.165) is 25.8 Å². The van der Waals surface area contributed by atoms with E-state index in [0.29, 0.717) is 18.5 Å². The van der Waals surface area contributed by atoms with Gasteiger partial charge in [-0.3, -0.25) is 4.79 Å². The molecule has 0 unspecified atom stereocenters. The van der Waals surface area contributed by atoms with Crippen molar-refractivity contribution in [1.29, 1.82) is 0 Å². The molecule has 3 nitrogen and oxygen atoms in total. The maximum Gasteiger partial charge on any atom is 0.225 e. The number of nitrogens with two attached hydrogens (primary N) is 1. The lowest BCUT2D eigenvalue weighted by Gasteiger charge is -2.39. The van der Waals surface area contributed by atoms with Crippen molar-refractivity contribution in [1.82, 2.24) is 4.90 Å². The van der Waals surface area contributed by atoms with Crippen LogP contribution in [0.4, 0.5) is 0 Å². The number of nitrogens with zero attached hydrogens (tertiary/aromatic N) is 1. The van der Waals surface area contributed by atoms with Crippen LogP contribution in [0, 0.1) is 5.92 Å². The lowest BCUT2D eigenvalue weighted by atomic mass is 9.89. The summed E-state index contributed by atoms with van der Waals surface area (Å²) < 4.78 is 0. The molecule has 1 aliphatic carbocycles. The van der Waals surface area contributed by atoms with E-state index in [2.05, 4.69) is 18.7 Å². The molecule has 0 aliphatic heterocycles. The highest BCUT2D eigenvalue weighted by Gasteiger charge is 2.30. The van der Waals surface area contributed by atoms with E-state index >= 15 is 0 Å². The first-order valence-electron chi connectivity index (χ1n) is 6.75. The molecule has 1 aliphatic rings. The molecule has 1 amide bonds. The molecule has 0 saturated heterocycles. The van der Waals surface area contributed by atoms with E-state index < -0.39 is 0 Å². The average molecular weight is 226 g/mol. The molecule has 3 heteroatoms. The van der Waals surface area contributed by atoms with Crippen molar-refractivity contribution < 1.29 is 4.79 Å². The molecular weight excluding hydrogens is 200 g/mol. The monoisotopic (exact) mass is 226 g/mol. The van der Waals surface area contributed by atoms with E-state index in [1.54, 1.807) is 0 Å². The van der Waals surface area contributed by atoms with E-state index in [1.807, 2.05) is 0 Å². The molecule has 1 fully saturated rings. The quantitative estimate of drug-likeness (QED) is 0.723. The maximum atomic E-state index is 12.3. The maximum absolute atomic E-state index is 12.3. The van der Waals surface area contributed by atoms with Crippen LogP contribution < -0.4 is 5.73 Å². The molecular formula is C13H26N2O. The molecule has 0 atom stereocenters. The molecule has 94 valence electrons. The Morgan fingerprint density at radius 2 is 2.00 bits per heavy atom. The summed E-state index contributed by atoms with van der Waals surface area (Å²) in [6, 6.07) is 0.514. The van der Waals surface area contributed by atoms with Crippen LogP contribution in [0.15, 0.2) is 0 Å². The minimum Gasteiger partial charge on any atom is -0.339 e. The molecule has 1 saturated carbocycles. The van der Waals surface area contributed by atoms with Crippen LogP contribution in [0.1, 0.15) is 52.4 Å². The van der Waals surface area contributed by atoms with Crippen molar-refractivity contribution >= 4 is 5.91 Å². The first kappa shape index (κ1) is 13.5. The zero-order chi connectivity index (χ0) is 12.0. The largest absolute Gasteiger partial charge is 0.339 e. The van der Waals surface area contributed by atoms with E-state index in [1.165, 1.54) is 19.3 Å².